The molecule has 46 heavy (non-hydrogen) atoms. The summed E-state index contributed by atoms with van der Waals surface area (Å²) in [5.41, 5.74) is 0.772. The molecule has 3 aromatic heterocycles. The van der Waals surface area contributed by atoms with Crippen LogP contribution in [0.25, 0.3) is 16.6 Å². The van der Waals surface area contributed by atoms with Gasteiger partial charge in [0, 0.05) is 43.5 Å². The largest absolute Gasteiger partial charge is 0.473 e. The lowest BCUT2D eigenvalue weighted by molar-refractivity contribution is 0.0524. The van der Waals surface area contributed by atoms with Crippen molar-refractivity contribution in [1.29, 1.82) is 5.26 Å². The van der Waals surface area contributed by atoms with Crippen LogP contribution in [-0.2, 0) is 4.74 Å². The van der Waals surface area contributed by atoms with Crippen molar-refractivity contribution in [2.75, 3.05) is 56.7 Å². The maximum Gasteiger partial charge on any atom is 0.343 e. The van der Waals surface area contributed by atoms with Crippen LogP contribution in [0, 0.1) is 17.1 Å². The number of rotatable bonds is 9. The van der Waals surface area contributed by atoms with E-state index < -0.39 is 22.8 Å². The Morgan fingerprint density at radius 3 is 2.70 bits per heavy atom. The highest BCUT2D eigenvalue weighted by molar-refractivity contribution is 5.96. The molecule has 238 valence electrons. The van der Waals surface area contributed by atoms with E-state index in [1.165, 1.54) is 30.6 Å². The average molecular weight is 626 g/mol. The van der Waals surface area contributed by atoms with Gasteiger partial charge in [-0.2, -0.15) is 5.26 Å². The minimum absolute atomic E-state index is 0.0821. The van der Waals surface area contributed by atoms with Gasteiger partial charge in [0.2, 0.25) is 11.3 Å². The zero-order valence-corrected chi connectivity index (χ0v) is 26.4. The van der Waals surface area contributed by atoms with E-state index in [0.29, 0.717) is 29.5 Å². The van der Waals surface area contributed by atoms with Gasteiger partial charge in [-0.15, -0.1) is 0 Å². The van der Waals surface area contributed by atoms with E-state index in [0.717, 1.165) is 31.7 Å². The Balaban J connectivity index is 1.43. The summed E-state index contributed by atoms with van der Waals surface area (Å²) in [5.74, 6) is -0.535. The average Bonchev–Trinajstić information content (AvgIpc) is 3.41. The highest BCUT2D eigenvalue weighted by atomic mass is 19.1. The van der Waals surface area contributed by atoms with Crippen molar-refractivity contribution in [3.63, 3.8) is 0 Å². The molecule has 2 aliphatic heterocycles. The van der Waals surface area contributed by atoms with Gasteiger partial charge >= 0.3 is 5.97 Å². The Labute approximate surface area is 266 Å². The fraction of sp³-hybridized carbons (Fsp3) is 0.382. The quantitative estimate of drug-likeness (QED) is 0.251. The lowest BCUT2D eigenvalue weighted by Crippen LogP contribution is -2.57. The number of benzene rings is 1. The molecule has 2 aliphatic rings. The molecule has 0 radical (unpaired) electrons. The number of esters is 1. The maximum atomic E-state index is 14.3. The molecule has 0 spiro atoms. The monoisotopic (exact) mass is 625 g/mol. The standard InChI is InChI=1S/C34H36FN7O4/c1-5-45-33(44)26-20-41(23-9-10-30(38-17-23)40-18-24(19-40)39(3)4)29-15-28(22(16-36)14-25(29)31(26)43)42-13-7-11-34(42,2)21-46-32-27(35)8-6-12-37-32/h6,8-10,12,14-15,17,20,24H,5,7,11,13,18-19,21H2,1-4H3/t34-/m0/s1. The SMILES string of the molecule is CCOC(=O)c1cn(-c2ccc(N3CC(N(C)C)C3)nc2)c2cc(N3CCC[C@@]3(C)COc3ncccc3F)c(C#N)cc2c1=O. The number of aromatic nitrogens is 3. The van der Waals surface area contributed by atoms with E-state index in [4.69, 9.17) is 14.5 Å². The zero-order valence-electron chi connectivity index (χ0n) is 26.4. The van der Waals surface area contributed by atoms with Gasteiger partial charge in [-0.05, 0) is 77.2 Å². The summed E-state index contributed by atoms with van der Waals surface area (Å²) < 4.78 is 27.1. The van der Waals surface area contributed by atoms with E-state index >= 15 is 0 Å². The first-order valence-corrected chi connectivity index (χ1v) is 15.3. The Morgan fingerprint density at radius 1 is 1.22 bits per heavy atom. The molecule has 12 heteroatoms. The molecule has 1 atom stereocenters. The summed E-state index contributed by atoms with van der Waals surface area (Å²) in [5, 5.41) is 10.5. The number of hydrogen-bond acceptors (Lipinski definition) is 10. The molecule has 1 aromatic carbocycles. The van der Waals surface area contributed by atoms with Crippen molar-refractivity contribution in [3.05, 3.63) is 82.2 Å². The number of nitrogens with zero attached hydrogens (tertiary/aromatic N) is 7. The van der Waals surface area contributed by atoms with Crippen molar-refractivity contribution in [2.45, 2.75) is 38.3 Å². The molecule has 5 heterocycles. The minimum Gasteiger partial charge on any atom is -0.473 e. The molecule has 0 unspecified atom stereocenters. The van der Waals surface area contributed by atoms with E-state index in [2.05, 4.69) is 39.8 Å². The Bertz CT molecular complexity index is 1880. The van der Waals surface area contributed by atoms with E-state index in [1.54, 1.807) is 23.8 Å². The summed E-state index contributed by atoms with van der Waals surface area (Å²) in [4.78, 5) is 41.8. The van der Waals surface area contributed by atoms with E-state index in [-0.39, 0.29) is 35.6 Å². The predicted octanol–water partition coefficient (Wildman–Crippen LogP) is 4.16. The Kier molecular flexibility index (Phi) is 8.35. The van der Waals surface area contributed by atoms with Crippen molar-refractivity contribution in [2.24, 2.45) is 0 Å². The third-order valence-corrected chi connectivity index (χ3v) is 8.95. The molecule has 6 rings (SSSR count). The van der Waals surface area contributed by atoms with Gasteiger partial charge in [-0.3, -0.25) is 4.79 Å². The predicted molar refractivity (Wildman–Crippen MR) is 172 cm³/mol. The fourth-order valence-electron chi connectivity index (χ4n) is 6.20. The first-order valence-electron chi connectivity index (χ1n) is 15.3. The van der Waals surface area contributed by atoms with Crippen molar-refractivity contribution >= 4 is 28.4 Å². The van der Waals surface area contributed by atoms with Gasteiger partial charge in [0.25, 0.3) is 0 Å². The van der Waals surface area contributed by atoms with Crippen LogP contribution in [0.5, 0.6) is 5.88 Å². The van der Waals surface area contributed by atoms with E-state index in [9.17, 15) is 19.2 Å². The first kappa shape index (κ1) is 31.0. The van der Waals surface area contributed by atoms with Gasteiger partial charge in [0.1, 0.15) is 24.1 Å². The van der Waals surface area contributed by atoms with Gasteiger partial charge in [-0.25, -0.2) is 19.2 Å². The molecular weight excluding hydrogens is 589 g/mol. The van der Waals surface area contributed by atoms with Crippen molar-refractivity contribution in [1.82, 2.24) is 19.4 Å². The second kappa shape index (κ2) is 12.4. The third-order valence-electron chi connectivity index (χ3n) is 8.95. The highest BCUT2D eigenvalue weighted by Gasteiger charge is 2.39. The van der Waals surface area contributed by atoms with E-state index in [1.807, 2.05) is 19.1 Å². The van der Waals surface area contributed by atoms with Crippen LogP contribution < -0.4 is 20.0 Å². The molecule has 0 bridgehead atoms. The first-order chi connectivity index (χ1) is 22.1. The summed E-state index contributed by atoms with van der Waals surface area (Å²) in [7, 11) is 4.12. The van der Waals surface area contributed by atoms with Crippen LogP contribution in [0.4, 0.5) is 15.9 Å². The smallest absolute Gasteiger partial charge is 0.343 e. The van der Waals surface area contributed by atoms with Crippen LogP contribution in [0.1, 0.15) is 42.6 Å². The summed E-state index contributed by atoms with van der Waals surface area (Å²) in [6.45, 7) is 6.29. The zero-order chi connectivity index (χ0) is 32.6. The number of anilines is 2. The molecule has 4 aromatic rings. The third kappa shape index (κ3) is 5.63. The fourth-order valence-corrected chi connectivity index (χ4v) is 6.20. The number of carbonyl (C=O) groups is 1. The number of likely N-dealkylation sites (N-methyl/N-ethyl adjacent to an activating group) is 1. The number of carbonyl (C=O) groups excluding carboxylic acids is 1. The number of ether oxygens (including phenoxy) is 2. The summed E-state index contributed by atoms with van der Waals surface area (Å²) in [6, 6.07) is 12.7. The number of nitriles is 1. The minimum atomic E-state index is -0.739. The van der Waals surface area contributed by atoms with Crippen molar-refractivity contribution in [3.8, 4) is 17.6 Å². The van der Waals surface area contributed by atoms with Gasteiger partial charge in [0.05, 0.1) is 40.8 Å². The van der Waals surface area contributed by atoms with Gasteiger partial charge in [-0.1, -0.05) is 0 Å². The van der Waals surface area contributed by atoms with Crippen LogP contribution in [0.15, 0.2) is 59.8 Å². The Morgan fingerprint density at radius 2 is 2.02 bits per heavy atom. The van der Waals surface area contributed by atoms with Gasteiger partial charge < -0.3 is 28.7 Å². The van der Waals surface area contributed by atoms with Crippen LogP contribution in [-0.4, -0.2) is 83.9 Å². The molecule has 0 saturated carbocycles. The number of halogens is 1. The molecule has 0 aliphatic carbocycles. The molecule has 0 N–H and O–H groups in total. The molecular formula is C34H36FN7O4. The molecule has 0 amide bonds. The molecule has 11 nitrogen and oxygen atoms in total. The topological polar surface area (TPSA) is 117 Å². The highest BCUT2D eigenvalue weighted by Crippen LogP contribution is 2.38. The molecule has 2 saturated heterocycles. The second-order valence-corrected chi connectivity index (χ2v) is 12.2. The van der Waals surface area contributed by atoms with Crippen LogP contribution >= 0.6 is 0 Å². The van der Waals surface area contributed by atoms with Crippen LogP contribution in [0.3, 0.4) is 0 Å². The number of pyridine rings is 3. The Hall–Kier alpha value is -5.02. The summed E-state index contributed by atoms with van der Waals surface area (Å²) >= 11 is 0. The normalized spacial score (nSPS) is 18.1. The number of hydrogen-bond donors (Lipinski definition) is 0. The lowest BCUT2D eigenvalue weighted by Gasteiger charge is -2.43. The summed E-state index contributed by atoms with van der Waals surface area (Å²) in [6.07, 6.45) is 6.22. The maximum absolute atomic E-state index is 14.3. The second-order valence-electron chi connectivity index (χ2n) is 12.2. The van der Waals surface area contributed by atoms with Crippen molar-refractivity contribution < 1.29 is 18.7 Å². The van der Waals surface area contributed by atoms with Gasteiger partial charge in [0.15, 0.2) is 5.82 Å². The lowest BCUT2D eigenvalue weighted by atomic mass is 9.97. The molecule has 2 fully saturated rings. The van der Waals surface area contributed by atoms with Crippen LogP contribution in [0.2, 0.25) is 0 Å². The number of fused-ring (bicyclic) bond motifs is 1.